The predicted octanol–water partition coefficient (Wildman–Crippen LogP) is 1.14. The lowest BCUT2D eigenvalue weighted by atomic mass is 10.1. The largest absolute Gasteiger partial charge is 0.380 e. The van der Waals surface area contributed by atoms with E-state index in [1.54, 1.807) is 7.11 Å². The van der Waals surface area contributed by atoms with Crippen LogP contribution in [0.3, 0.4) is 0 Å². The highest BCUT2D eigenvalue weighted by Crippen LogP contribution is 2.24. The Morgan fingerprint density at radius 3 is 2.80 bits per heavy atom. The molecule has 3 nitrogen and oxygen atoms in total. The maximum atomic E-state index is 5.34. The molecule has 1 saturated heterocycles. The van der Waals surface area contributed by atoms with Crippen molar-refractivity contribution in [2.75, 3.05) is 20.2 Å². The molecule has 0 aromatic carbocycles. The third kappa shape index (κ3) is 3.16. The lowest BCUT2D eigenvalue weighted by Gasteiger charge is -2.16. The van der Waals surface area contributed by atoms with Crippen LogP contribution < -0.4 is 10.6 Å². The molecule has 0 aromatic heterocycles. The Hall–Kier alpha value is -0.120. The van der Waals surface area contributed by atoms with E-state index in [1.165, 1.54) is 19.3 Å². The number of hydrogen-bond donors (Lipinski definition) is 2. The lowest BCUT2D eigenvalue weighted by molar-refractivity contribution is 0.117. The zero-order chi connectivity index (χ0) is 10.7. The van der Waals surface area contributed by atoms with Crippen LogP contribution in [0.5, 0.6) is 0 Å². The third-order valence-electron chi connectivity index (χ3n) is 3.86. The number of methoxy groups -OCH3 is 1. The number of hydrogen-bond acceptors (Lipinski definition) is 3. The number of nitrogens with one attached hydrogen (secondary N) is 2. The van der Waals surface area contributed by atoms with Gasteiger partial charge in [0, 0.05) is 32.3 Å². The Morgan fingerprint density at radius 2 is 2.20 bits per heavy atom. The first-order valence-electron chi connectivity index (χ1n) is 6.27. The first-order chi connectivity index (χ1) is 7.28. The van der Waals surface area contributed by atoms with Gasteiger partial charge in [-0.05, 0) is 31.6 Å². The molecule has 0 radical (unpaired) electrons. The highest BCUT2D eigenvalue weighted by Gasteiger charge is 2.26. The summed E-state index contributed by atoms with van der Waals surface area (Å²) in [5.41, 5.74) is 0. The molecule has 2 aliphatic rings. The highest BCUT2D eigenvalue weighted by atomic mass is 16.5. The Balaban J connectivity index is 1.62. The van der Waals surface area contributed by atoms with Gasteiger partial charge in [0.1, 0.15) is 0 Å². The highest BCUT2D eigenvalue weighted by molar-refractivity contribution is 4.86. The van der Waals surface area contributed by atoms with E-state index in [2.05, 4.69) is 17.6 Å². The molecule has 0 bridgehead atoms. The van der Waals surface area contributed by atoms with Crippen LogP contribution in [0.2, 0.25) is 0 Å². The van der Waals surface area contributed by atoms with Crippen molar-refractivity contribution in [1.82, 2.24) is 10.6 Å². The second kappa shape index (κ2) is 5.28. The van der Waals surface area contributed by atoms with Gasteiger partial charge in [-0.25, -0.2) is 0 Å². The van der Waals surface area contributed by atoms with Crippen molar-refractivity contribution in [3.8, 4) is 0 Å². The molecule has 1 heterocycles. The molecular formula is C12H24N2O. The molecule has 2 rings (SSSR count). The summed E-state index contributed by atoms with van der Waals surface area (Å²) in [6.45, 7) is 4.48. The molecule has 2 N–H and O–H groups in total. The first kappa shape index (κ1) is 11.4. The summed E-state index contributed by atoms with van der Waals surface area (Å²) in [5, 5.41) is 7.19. The van der Waals surface area contributed by atoms with Crippen molar-refractivity contribution in [3.63, 3.8) is 0 Å². The van der Waals surface area contributed by atoms with E-state index in [1.807, 2.05) is 0 Å². The van der Waals surface area contributed by atoms with Crippen molar-refractivity contribution in [3.05, 3.63) is 0 Å². The molecule has 3 heteroatoms. The summed E-state index contributed by atoms with van der Waals surface area (Å²) in [5.74, 6) is 0.922. The Kier molecular flexibility index (Phi) is 4.00. The minimum absolute atomic E-state index is 0.430. The monoisotopic (exact) mass is 212 g/mol. The fourth-order valence-corrected chi connectivity index (χ4v) is 2.82. The molecule has 0 spiro atoms. The lowest BCUT2D eigenvalue weighted by Crippen LogP contribution is -2.38. The fourth-order valence-electron chi connectivity index (χ4n) is 2.82. The van der Waals surface area contributed by atoms with Crippen LogP contribution in [0, 0.1) is 5.92 Å². The smallest absolute Gasteiger partial charge is 0.0711 e. The summed E-state index contributed by atoms with van der Waals surface area (Å²) in [6, 6.07) is 1.38. The maximum Gasteiger partial charge on any atom is 0.0711 e. The van der Waals surface area contributed by atoms with Crippen molar-refractivity contribution >= 4 is 0 Å². The van der Waals surface area contributed by atoms with Crippen LogP contribution in [0.4, 0.5) is 0 Å². The summed E-state index contributed by atoms with van der Waals surface area (Å²) < 4.78 is 5.34. The summed E-state index contributed by atoms with van der Waals surface area (Å²) in [7, 11) is 1.81. The standard InChI is InChI=1S/C12H24N2O/c1-9-3-4-10(5-9)13-7-11-6-12(15-2)8-14-11/h9-14H,3-8H2,1-2H3. The molecule has 0 aromatic rings. The average Bonchev–Trinajstić information content (AvgIpc) is 2.83. The normalized spacial score (nSPS) is 41.2. The molecule has 15 heavy (non-hydrogen) atoms. The molecule has 4 unspecified atom stereocenters. The van der Waals surface area contributed by atoms with Gasteiger partial charge in [0.25, 0.3) is 0 Å². The molecule has 2 fully saturated rings. The van der Waals surface area contributed by atoms with Crippen molar-refractivity contribution < 1.29 is 4.74 Å². The van der Waals surface area contributed by atoms with Gasteiger partial charge < -0.3 is 15.4 Å². The summed E-state index contributed by atoms with van der Waals surface area (Å²) in [6.07, 6.45) is 5.71. The van der Waals surface area contributed by atoms with Crippen LogP contribution in [0.25, 0.3) is 0 Å². The second-order valence-corrected chi connectivity index (χ2v) is 5.22. The Labute approximate surface area is 93.0 Å². The second-order valence-electron chi connectivity index (χ2n) is 5.22. The Morgan fingerprint density at radius 1 is 1.33 bits per heavy atom. The molecule has 4 atom stereocenters. The molecule has 0 amide bonds. The van der Waals surface area contributed by atoms with Gasteiger partial charge in [0.15, 0.2) is 0 Å². The van der Waals surface area contributed by atoms with Crippen LogP contribution in [0.1, 0.15) is 32.6 Å². The maximum absolute atomic E-state index is 5.34. The van der Waals surface area contributed by atoms with Gasteiger partial charge in [-0.2, -0.15) is 0 Å². The fraction of sp³-hybridized carbons (Fsp3) is 1.00. The topological polar surface area (TPSA) is 33.3 Å². The van der Waals surface area contributed by atoms with Crippen molar-refractivity contribution in [2.24, 2.45) is 5.92 Å². The van der Waals surface area contributed by atoms with E-state index in [4.69, 9.17) is 4.74 Å². The molecule has 88 valence electrons. The van der Waals surface area contributed by atoms with E-state index < -0.39 is 0 Å². The van der Waals surface area contributed by atoms with Crippen molar-refractivity contribution in [1.29, 1.82) is 0 Å². The molecule has 1 aliphatic carbocycles. The summed E-state index contributed by atoms with van der Waals surface area (Å²) in [4.78, 5) is 0. The summed E-state index contributed by atoms with van der Waals surface area (Å²) >= 11 is 0. The first-order valence-corrected chi connectivity index (χ1v) is 6.27. The van der Waals surface area contributed by atoms with Gasteiger partial charge in [-0.15, -0.1) is 0 Å². The number of rotatable bonds is 4. The molecule has 1 aliphatic heterocycles. The van der Waals surface area contributed by atoms with E-state index in [0.29, 0.717) is 12.1 Å². The third-order valence-corrected chi connectivity index (χ3v) is 3.86. The predicted molar refractivity (Wildman–Crippen MR) is 62.0 cm³/mol. The van der Waals surface area contributed by atoms with Gasteiger partial charge >= 0.3 is 0 Å². The zero-order valence-corrected chi connectivity index (χ0v) is 9.96. The van der Waals surface area contributed by atoms with Gasteiger partial charge in [-0.3, -0.25) is 0 Å². The van der Waals surface area contributed by atoms with Gasteiger partial charge in [0.2, 0.25) is 0 Å². The van der Waals surface area contributed by atoms with E-state index in [-0.39, 0.29) is 0 Å². The van der Waals surface area contributed by atoms with Gasteiger partial charge in [0.05, 0.1) is 6.10 Å². The van der Waals surface area contributed by atoms with E-state index in [0.717, 1.165) is 31.5 Å². The van der Waals surface area contributed by atoms with Crippen LogP contribution in [-0.4, -0.2) is 38.4 Å². The van der Waals surface area contributed by atoms with E-state index >= 15 is 0 Å². The molecule has 1 saturated carbocycles. The zero-order valence-electron chi connectivity index (χ0n) is 9.96. The minimum Gasteiger partial charge on any atom is -0.380 e. The van der Waals surface area contributed by atoms with E-state index in [9.17, 15) is 0 Å². The number of ether oxygens (including phenoxy) is 1. The minimum atomic E-state index is 0.430. The SMILES string of the molecule is COC1CNC(CNC2CCC(C)C2)C1. The quantitative estimate of drug-likeness (QED) is 0.733. The van der Waals surface area contributed by atoms with Crippen molar-refractivity contribution in [2.45, 2.75) is 50.8 Å². The van der Waals surface area contributed by atoms with Gasteiger partial charge in [-0.1, -0.05) is 6.92 Å². The molecular weight excluding hydrogens is 188 g/mol. The Bertz CT molecular complexity index is 198. The van der Waals surface area contributed by atoms with Crippen LogP contribution in [-0.2, 0) is 4.74 Å². The van der Waals surface area contributed by atoms with Crippen LogP contribution >= 0.6 is 0 Å². The average molecular weight is 212 g/mol. The van der Waals surface area contributed by atoms with Crippen LogP contribution in [0.15, 0.2) is 0 Å².